The standard InChI is InChI=1S/C64H42N2O/c1-3-17-41(18-4-1)42-31-33-46(34-32-42)65(56-37-44-21-7-9-23-48(44)50-25-11-13-27-52(50)56)47-35-36-54-58(39-47)66(57-38-45-22-8-10-24-49(45)51-26-12-14-28-53(51)57)59-40-61-64(55-29-15-16-30-60(55)67-61)62(63(54)59)43-19-5-2-6-20-43/h1-38,40,58H,39H2. The maximum Gasteiger partial charge on any atom is 0.138 e. The first-order valence-corrected chi connectivity index (χ1v) is 23.3. The second-order valence-electron chi connectivity index (χ2n) is 17.9. The van der Waals surface area contributed by atoms with Crippen molar-refractivity contribution < 1.29 is 4.42 Å². The Morgan fingerprint density at radius 3 is 1.67 bits per heavy atom. The molecule has 1 aliphatic heterocycles. The minimum absolute atomic E-state index is 0.0439. The van der Waals surface area contributed by atoms with Crippen molar-refractivity contribution in [2.45, 2.75) is 12.5 Å². The zero-order valence-corrected chi connectivity index (χ0v) is 36.6. The van der Waals surface area contributed by atoms with Crippen LogP contribution in [0.5, 0.6) is 0 Å². The Hall–Kier alpha value is -8.66. The first-order valence-electron chi connectivity index (χ1n) is 23.3. The highest BCUT2D eigenvalue weighted by Gasteiger charge is 2.42. The SMILES string of the molecule is C1=C2c3c(cc4oc5ccccc5c4c3-c3ccccc3)N(c3cc4ccccc4c4ccccc34)C2CC(N(c2ccc(-c3ccccc3)cc2)c2cc3ccccc3c3ccccc23)=C1. The van der Waals surface area contributed by atoms with E-state index in [0.29, 0.717) is 0 Å². The summed E-state index contributed by atoms with van der Waals surface area (Å²) in [5.41, 5.74) is 15.0. The molecule has 2 heterocycles. The summed E-state index contributed by atoms with van der Waals surface area (Å²) in [5.74, 6) is 0. The number of anilines is 4. The molecular formula is C64H42N2O. The van der Waals surface area contributed by atoms with Crippen LogP contribution in [0.1, 0.15) is 12.0 Å². The molecule has 1 aliphatic carbocycles. The topological polar surface area (TPSA) is 19.6 Å². The fourth-order valence-corrected chi connectivity index (χ4v) is 11.4. The average Bonchev–Trinajstić information content (AvgIpc) is 3.93. The maximum atomic E-state index is 6.86. The molecular weight excluding hydrogens is 813 g/mol. The lowest BCUT2D eigenvalue weighted by molar-refractivity contribution is 0.669. The van der Waals surface area contributed by atoms with Gasteiger partial charge in [-0.1, -0.05) is 194 Å². The monoisotopic (exact) mass is 854 g/mol. The van der Waals surface area contributed by atoms with Gasteiger partial charge in [-0.3, -0.25) is 0 Å². The van der Waals surface area contributed by atoms with E-state index >= 15 is 0 Å². The van der Waals surface area contributed by atoms with Crippen molar-refractivity contribution in [1.82, 2.24) is 0 Å². The van der Waals surface area contributed by atoms with Gasteiger partial charge in [0, 0.05) is 56.5 Å². The Kier molecular flexibility index (Phi) is 8.41. The molecule has 2 aliphatic rings. The van der Waals surface area contributed by atoms with Crippen LogP contribution in [0.15, 0.2) is 247 Å². The van der Waals surface area contributed by atoms with Gasteiger partial charge in [0.2, 0.25) is 0 Å². The Morgan fingerprint density at radius 2 is 0.955 bits per heavy atom. The number of allylic oxidation sites excluding steroid dienone is 2. The van der Waals surface area contributed by atoms with Crippen molar-refractivity contribution in [1.29, 1.82) is 0 Å². The molecule has 3 nitrogen and oxygen atoms in total. The van der Waals surface area contributed by atoms with Crippen LogP contribution in [0.3, 0.4) is 0 Å². The van der Waals surface area contributed by atoms with Crippen LogP contribution in [-0.2, 0) is 0 Å². The minimum Gasteiger partial charge on any atom is -0.456 e. The number of fused-ring (bicyclic) bond motifs is 12. The summed E-state index contributed by atoms with van der Waals surface area (Å²) in [6, 6.07) is 81.9. The molecule has 0 N–H and O–H groups in total. The van der Waals surface area contributed by atoms with E-state index in [1.807, 2.05) is 0 Å². The Bertz CT molecular complexity index is 4010. The van der Waals surface area contributed by atoms with Crippen LogP contribution in [0.2, 0.25) is 0 Å². The van der Waals surface area contributed by atoms with Crippen molar-refractivity contribution in [2.75, 3.05) is 9.80 Å². The van der Waals surface area contributed by atoms with Crippen LogP contribution >= 0.6 is 0 Å². The normalized spacial score (nSPS) is 14.5. The lowest BCUT2D eigenvalue weighted by atomic mass is 9.86. The molecule has 0 radical (unpaired) electrons. The quantitative estimate of drug-likeness (QED) is 0.155. The molecule has 0 saturated heterocycles. The van der Waals surface area contributed by atoms with Crippen LogP contribution in [-0.4, -0.2) is 6.04 Å². The van der Waals surface area contributed by atoms with E-state index in [1.54, 1.807) is 0 Å². The summed E-state index contributed by atoms with van der Waals surface area (Å²) >= 11 is 0. The van der Waals surface area contributed by atoms with Crippen LogP contribution in [0.4, 0.5) is 22.7 Å². The molecule has 1 unspecified atom stereocenters. The summed E-state index contributed by atoms with van der Waals surface area (Å²) in [5, 5.41) is 12.2. The number of nitrogens with zero attached hydrogens (tertiary/aromatic N) is 2. The van der Waals surface area contributed by atoms with E-state index in [1.165, 1.54) is 87.9 Å². The van der Waals surface area contributed by atoms with Crippen molar-refractivity contribution in [3.63, 3.8) is 0 Å². The summed E-state index contributed by atoms with van der Waals surface area (Å²) in [6.07, 6.45) is 5.58. The summed E-state index contributed by atoms with van der Waals surface area (Å²) in [7, 11) is 0. The van der Waals surface area contributed by atoms with E-state index in [-0.39, 0.29) is 6.04 Å². The van der Waals surface area contributed by atoms with Gasteiger partial charge in [-0.05, 0) is 91.0 Å². The molecule has 0 bridgehead atoms. The lowest BCUT2D eigenvalue weighted by Crippen LogP contribution is -2.32. The number of furan rings is 1. The Balaban J connectivity index is 1.06. The van der Waals surface area contributed by atoms with Crippen LogP contribution < -0.4 is 9.80 Å². The zero-order chi connectivity index (χ0) is 44.0. The minimum atomic E-state index is -0.0439. The van der Waals surface area contributed by atoms with E-state index in [9.17, 15) is 0 Å². The summed E-state index contributed by atoms with van der Waals surface area (Å²) in [4.78, 5) is 5.19. The van der Waals surface area contributed by atoms with E-state index in [4.69, 9.17) is 4.42 Å². The third-order valence-electron chi connectivity index (χ3n) is 14.3. The molecule has 11 aromatic carbocycles. The van der Waals surface area contributed by atoms with Crippen molar-refractivity contribution in [3.05, 3.63) is 248 Å². The Labute approximate surface area is 388 Å². The van der Waals surface area contributed by atoms with Crippen molar-refractivity contribution in [2.24, 2.45) is 0 Å². The molecule has 14 rings (SSSR count). The zero-order valence-electron chi connectivity index (χ0n) is 36.6. The second kappa shape index (κ2) is 14.9. The molecule has 1 aromatic heterocycles. The van der Waals surface area contributed by atoms with Gasteiger partial charge in [0.25, 0.3) is 0 Å². The first kappa shape index (κ1) is 37.7. The third kappa shape index (κ3) is 5.84. The molecule has 0 amide bonds. The molecule has 314 valence electrons. The van der Waals surface area contributed by atoms with E-state index in [2.05, 4.69) is 246 Å². The molecule has 3 heteroatoms. The summed E-state index contributed by atoms with van der Waals surface area (Å²) in [6.45, 7) is 0. The Morgan fingerprint density at radius 1 is 0.403 bits per heavy atom. The highest BCUT2D eigenvalue weighted by atomic mass is 16.3. The number of para-hydroxylation sites is 1. The first-order chi connectivity index (χ1) is 33.2. The van der Waals surface area contributed by atoms with Crippen molar-refractivity contribution >= 4 is 93.4 Å². The average molecular weight is 855 g/mol. The van der Waals surface area contributed by atoms with Crippen molar-refractivity contribution in [3.8, 4) is 22.3 Å². The highest BCUT2D eigenvalue weighted by Crippen LogP contribution is 2.57. The number of hydrogen-bond acceptors (Lipinski definition) is 3. The number of hydrogen-bond donors (Lipinski definition) is 0. The number of rotatable bonds is 6. The largest absolute Gasteiger partial charge is 0.456 e. The number of benzene rings is 11. The fraction of sp³-hybridized carbons (Fsp3) is 0.0312. The second-order valence-corrected chi connectivity index (χ2v) is 17.9. The van der Waals surface area contributed by atoms with Gasteiger partial charge >= 0.3 is 0 Å². The van der Waals surface area contributed by atoms with Gasteiger partial charge in [-0.15, -0.1) is 0 Å². The van der Waals surface area contributed by atoms with Gasteiger partial charge in [0.1, 0.15) is 11.2 Å². The predicted octanol–water partition coefficient (Wildman–Crippen LogP) is 17.6. The van der Waals surface area contributed by atoms with Gasteiger partial charge in [-0.25, -0.2) is 0 Å². The highest BCUT2D eigenvalue weighted by molar-refractivity contribution is 6.21. The predicted molar refractivity (Wildman–Crippen MR) is 283 cm³/mol. The van der Waals surface area contributed by atoms with Crippen LogP contribution in [0.25, 0.3) is 92.9 Å². The molecule has 1 atom stereocenters. The van der Waals surface area contributed by atoms with Gasteiger partial charge in [0.05, 0.1) is 23.1 Å². The molecule has 0 saturated carbocycles. The molecule has 12 aromatic rings. The smallest absolute Gasteiger partial charge is 0.138 e. The molecule has 67 heavy (non-hydrogen) atoms. The van der Waals surface area contributed by atoms with E-state index in [0.717, 1.165) is 45.4 Å². The van der Waals surface area contributed by atoms with Crippen LogP contribution in [0, 0.1) is 0 Å². The van der Waals surface area contributed by atoms with Gasteiger partial charge in [-0.2, -0.15) is 0 Å². The molecule has 0 spiro atoms. The van der Waals surface area contributed by atoms with Gasteiger partial charge in [0.15, 0.2) is 0 Å². The maximum absolute atomic E-state index is 6.86. The fourth-order valence-electron chi connectivity index (χ4n) is 11.4. The molecule has 0 fully saturated rings. The summed E-state index contributed by atoms with van der Waals surface area (Å²) < 4.78 is 6.86. The lowest BCUT2D eigenvalue weighted by Gasteiger charge is -2.36. The van der Waals surface area contributed by atoms with Gasteiger partial charge < -0.3 is 14.2 Å². The van der Waals surface area contributed by atoms with E-state index < -0.39 is 0 Å². The third-order valence-corrected chi connectivity index (χ3v) is 14.3.